The number of anilines is 1. The van der Waals surface area contributed by atoms with Crippen LogP contribution in [-0.2, 0) is 9.84 Å². The molecule has 208 valence electrons. The lowest BCUT2D eigenvalue weighted by Crippen LogP contribution is -2.46. The Morgan fingerprint density at radius 2 is 1.71 bits per heavy atom. The molecule has 3 atom stereocenters. The summed E-state index contributed by atoms with van der Waals surface area (Å²) >= 11 is 0. The predicted octanol–water partition coefficient (Wildman–Crippen LogP) is 2.51. The molecule has 2 fully saturated rings. The third-order valence-corrected chi connectivity index (χ3v) is 9.18. The van der Waals surface area contributed by atoms with Crippen molar-refractivity contribution in [1.29, 1.82) is 0 Å². The molecule has 0 aliphatic carbocycles. The summed E-state index contributed by atoms with van der Waals surface area (Å²) in [5.74, 6) is -0.396. The van der Waals surface area contributed by atoms with Crippen LogP contribution in [0.15, 0.2) is 60.0 Å². The van der Waals surface area contributed by atoms with Gasteiger partial charge in [-0.15, -0.1) is 0 Å². The van der Waals surface area contributed by atoms with Gasteiger partial charge >= 0.3 is 0 Å². The Hall–Kier alpha value is -4.72. The number of nitrogens with two attached hydrogens (primary N) is 1. The maximum absolute atomic E-state index is 13.1. The second-order valence-electron chi connectivity index (χ2n) is 10.6. The number of nitrogen functional groups attached to an aromatic ring is 1. The second-order valence-corrected chi connectivity index (χ2v) is 12.5. The molecule has 7 rings (SSSR count). The fraction of sp³-hybridized carbons (Fsp3) is 0.296. The third kappa shape index (κ3) is 4.22. The van der Waals surface area contributed by atoms with Gasteiger partial charge in [0.1, 0.15) is 10.7 Å². The number of piperidine rings is 1. The van der Waals surface area contributed by atoms with Crippen molar-refractivity contribution in [1.82, 2.24) is 44.9 Å². The van der Waals surface area contributed by atoms with Gasteiger partial charge in [-0.1, -0.05) is 30.3 Å². The first kappa shape index (κ1) is 25.3. The number of sulfone groups is 1. The molecular weight excluding hydrogens is 544 g/mol. The summed E-state index contributed by atoms with van der Waals surface area (Å²) in [6, 6.07) is 9.57. The Morgan fingerprint density at radius 3 is 2.34 bits per heavy atom. The summed E-state index contributed by atoms with van der Waals surface area (Å²) in [5.41, 5.74) is 10.4. The molecule has 0 saturated carbocycles. The topological polar surface area (TPSA) is 178 Å². The van der Waals surface area contributed by atoms with E-state index >= 15 is 0 Å². The first-order valence-corrected chi connectivity index (χ1v) is 15.1. The number of aromatic amines is 1. The van der Waals surface area contributed by atoms with Gasteiger partial charge in [0.15, 0.2) is 21.2 Å². The molecule has 13 nitrogen and oxygen atoms in total. The van der Waals surface area contributed by atoms with E-state index in [1.165, 1.54) is 10.7 Å². The number of amides is 1. The number of nitrogens with one attached hydrogen (secondary N) is 1. The predicted molar refractivity (Wildman–Crippen MR) is 148 cm³/mol. The van der Waals surface area contributed by atoms with Crippen molar-refractivity contribution in [2.45, 2.75) is 48.6 Å². The van der Waals surface area contributed by atoms with Crippen LogP contribution in [-0.4, -0.2) is 77.5 Å². The highest BCUT2D eigenvalue weighted by Crippen LogP contribution is 2.45. The molecule has 2 aliphatic heterocycles. The van der Waals surface area contributed by atoms with Crippen molar-refractivity contribution in [3.05, 3.63) is 66.5 Å². The highest BCUT2D eigenvalue weighted by Gasteiger charge is 2.46. The zero-order chi connectivity index (χ0) is 28.3. The highest BCUT2D eigenvalue weighted by atomic mass is 32.2. The zero-order valence-electron chi connectivity index (χ0n) is 22.0. The van der Waals surface area contributed by atoms with E-state index in [0.717, 1.165) is 30.4 Å². The largest absolute Gasteiger partial charge is 0.382 e. The number of hydrogen-bond donors (Lipinski definition) is 2. The van der Waals surface area contributed by atoms with Gasteiger partial charge in [-0.2, -0.15) is 25.0 Å². The molecule has 1 amide bonds. The van der Waals surface area contributed by atoms with Crippen molar-refractivity contribution < 1.29 is 13.2 Å². The van der Waals surface area contributed by atoms with Crippen LogP contribution in [0.2, 0.25) is 0 Å². The molecule has 3 N–H and O–H groups in total. The van der Waals surface area contributed by atoms with Gasteiger partial charge in [-0.3, -0.25) is 14.8 Å². The number of carbonyl (C=O) groups is 1. The maximum Gasteiger partial charge on any atom is 0.276 e. The number of carbonyl (C=O) groups excluding carboxylic acids is 1. The minimum absolute atomic E-state index is 0.000986. The normalized spacial score (nSPS) is 20.5. The third-order valence-electron chi connectivity index (χ3n) is 8.02. The van der Waals surface area contributed by atoms with E-state index in [1.807, 2.05) is 35.2 Å². The minimum Gasteiger partial charge on any atom is -0.382 e. The molecule has 0 radical (unpaired) electrons. The summed E-state index contributed by atoms with van der Waals surface area (Å²) in [5, 5.41) is 14.6. The van der Waals surface area contributed by atoms with Crippen molar-refractivity contribution in [2.75, 3.05) is 12.0 Å². The molecule has 0 spiro atoms. The van der Waals surface area contributed by atoms with E-state index in [4.69, 9.17) is 10.7 Å². The number of rotatable bonds is 5. The average Bonchev–Trinajstić information content (AvgIpc) is 3.71. The molecule has 2 saturated heterocycles. The van der Waals surface area contributed by atoms with Gasteiger partial charge in [0.2, 0.25) is 0 Å². The quantitative estimate of drug-likeness (QED) is 0.319. The Kier molecular flexibility index (Phi) is 5.81. The zero-order valence-corrected chi connectivity index (χ0v) is 22.9. The molecule has 41 heavy (non-hydrogen) atoms. The fourth-order valence-corrected chi connectivity index (χ4v) is 7.31. The van der Waals surface area contributed by atoms with Gasteiger partial charge < -0.3 is 10.6 Å². The first-order chi connectivity index (χ1) is 19.8. The van der Waals surface area contributed by atoms with E-state index in [9.17, 15) is 13.2 Å². The number of benzene rings is 1. The smallest absolute Gasteiger partial charge is 0.276 e. The Labute approximate surface area is 234 Å². The lowest BCUT2D eigenvalue weighted by Gasteiger charge is -2.38. The molecule has 6 heterocycles. The molecule has 2 bridgehead atoms. The van der Waals surface area contributed by atoms with E-state index in [2.05, 4.69) is 30.5 Å². The van der Waals surface area contributed by atoms with Gasteiger partial charge in [0.25, 0.3) is 5.91 Å². The van der Waals surface area contributed by atoms with Crippen LogP contribution in [0.5, 0.6) is 0 Å². The Balaban J connectivity index is 1.29. The summed E-state index contributed by atoms with van der Waals surface area (Å²) in [6.07, 6.45) is 10.2. The molecule has 1 aromatic carbocycles. The summed E-state index contributed by atoms with van der Waals surface area (Å²) in [6.45, 7) is 0. The van der Waals surface area contributed by atoms with Crippen LogP contribution >= 0.6 is 0 Å². The van der Waals surface area contributed by atoms with E-state index in [-0.39, 0.29) is 40.3 Å². The summed E-state index contributed by atoms with van der Waals surface area (Å²) in [4.78, 5) is 29.1. The van der Waals surface area contributed by atoms with E-state index in [1.54, 1.807) is 18.6 Å². The van der Waals surface area contributed by atoms with Gasteiger partial charge in [0.05, 0.1) is 47.4 Å². The van der Waals surface area contributed by atoms with Crippen LogP contribution in [0.25, 0.3) is 28.2 Å². The van der Waals surface area contributed by atoms with Crippen LogP contribution in [0.4, 0.5) is 5.82 Å². The SMILES string of the molecule is CS(=O)(=O)c1c(C2CC3CC[C@H](C2)N3C(=O)c2cn[nH]n2)nc2c(-c3cnc(-c4ccccc4)cn3)cnn2c1N. The molecule has 4 aromatic heterocycles. The molecule has 2 aliphatic rings. The standard InChI is InChI=1S/C27H26N10O3S/c1-41(39,40)24-23(16-9-17-7-8-18(10-16)36(17)27(38)22-14-31-35-34-22)33-26-19(11-32-37(26)25(24)28)21-13-29-20(12-30-21)15-5-3-2-4-6-15/h2-6,11-14,16-18H,7-10,28H2,1H3,(H,31,34,35)/t16?,17-,18?/m1/s1. The van der Waals surface area contributed by atoms with E-state index in [0.29, 0.717) is 35.4 Å². The number of fused-ring (bicyclic) bond motifs is 3. The number of nitrogens with zero attached hydrogens (tertiary/aromatic N) is 8. The van der Waals surface area contributed by atoms with Crippen LogP contribution < -0.4 is 5.73 Å². The summed E-state index contributed by atoms with van der Waals surface area (Å²) in [7, 11) is -3.76. The Morgan fingerprint density at radius 1 is 1.00 bits per heavy atom. The van der Waals surface area contributed by atoms with Crippen molar-refractivity contribution in [3.8, 4) is 22.5 Å². The highest BCUT2D eigenvalue weighted by molar-refractivity contribution is 7.91. The van der Waals surface area contributed by atoms with Crippen molar-refractivity contribution >= 4 is 27.2 Å². The first-order valence-electron chi connectivity index (χ1n) is 13.2. The van der Waals surface area contributed by atoms with Crippen LogP contribution in [0, 0.1) is 0 Å². The van der Waals surface area contributed by atoms with Crippen LogP contribution in [0.1, 0.15) is 47.8 Å². The maximum atomic E-state index is 13.1. The van der Waals surface area contributed by atoms with E-state index < -0.39 is 9.84 Å². The van der Waals surface area contributed by atoms with Crippen molar-refractivity contribution in [2.24, 2.45) is 0 Å². The lowest BCUT2D eigenvalue weighted by atomic mass is 9.87. The Bertz CT molecular complexity index is 1860. The number of aromatic nitrogens is 8. The van der Waals surface area contributed by atoms with Gasteiger partial charge in [-0.25, -0.2) is 13.4 Å². The molecule has 5 aromatic rings. The van der Waals surface area contributed by atoms with Crippen LogP contribution in [0.3, 0.4) is 0 Å². The molecular formula is C27H26N10O3S. The fourth-order valence-electron chi connectivity index (χ4n) is 6.25. The number of hydrogen-bond acceptors (Lipinski definition) is 10. The lowest BCUT2D eigenvalue weighted by molar-refractivity contribution is 0.0562. The minimum atomic E-state index is -3.76. The second kappa shape index (κ2) is 9.44. The van der Waals surface area contributed by atoms with Crippen molar-refractivity contribution in [3.63, 3.8) is 0 Å². The average molecular weight is 571 g/mol. The number of H-pyrrole nitrogens is 1. The van der Waals surface area contributed by atoms with Gasteiger partial charge in [-0.05, 0) is 25.7 Å². The molecule has 2 unspecified atom stereocenters. The monoisotopic (exact) mass is 570 g/mol. The van der Waals surface area contributed by atoms with Gasteiger partial charge in [0, 0.05) is 29.8 Å². The summed E-state index contributed by atoms with van der Waals surface area (Å²) < 4.78 is 27.4. The molecule has 14 heteroatoms.